The molecule has 0 aliphatic rings. The number of unbranched alkanes of at least 4 members (excludes halogenated alkanes) is 1. The zero-order valence-corrected chi connectivity index (χ0v) is 17.8. The van der Waals surface area contributed by atoms with Crippen LogP contribution in [0.3, 0.4) is 0 Å². The molecule has 3 aromatic rings. The summed E-state index contributed by atoms with van der Waals surface area (Å²) >= 11 is 5.32. The van der Waals surface area contributed by atoms with Gasteiger partial charge >= 0.3 is 0 Å². The molecule has 0 amide bonds. The van der Waals surface area contributed by atoms with E-state index in [-0.39, 0.29) is 0 Å². The fraction of sp³-hybridized carbons (Fsp3) is 0.318. The van der Waals surface area contributed by atoms with Crippen LogP contribution in [0.2, 0.25) is 0 Å². The van der Waals surface area contributed by atoms with Crippen LogP contribution in [0.1, 0.15) is 42.3 Å². The number of ether oxygens (including phenoxy) is 2. The minimum absolute atomic E-state index is 0.440. The summed E-state index contributed by atoms with van der Waals surface area (Å²) < 4.78 is 13.8. The second kappa shape index (κ2) is 10.0. The Hall–Kier alpha value is -2.93. The standard InChI is InChI=1S/C22H26N4O2S/c1-4-5-12-20-24-25-22(29)26(20)23-14-18-10-7-11-19(27-3)21(18)28-15-17-9-6-8-16(2)13-17/h6-11,13-14H,4-5,12,15H2,1-3H3,(H,25,29)/b23-14-. The fourth-order valence-corrected chi connectivity index (χ4v) is 3.17. The number of aromatic nitrogens is 3. The summed E-state index contributed by atoms with van der Waals surface area (Å²) in [5.74, 6) is 2.12. The van der Waals surface area contributed by atoms with E-state index in [0.717, 1.165) is 36.2 Å². The molecular weight excluding hydrogens is 384 g/mol. The number of aryl methyl sites for hydroxylation is 2. The van der Waals surface area contributed by atoms with Gasteiger partial charge in [-0.15, -0.1) is 0 Å². The van der Waals surface area contributed by atoms with Crippen LogP contribution in [0.25, 0.3) is 0 Å². The van der Waals surface area contributed by atoms with E-state index in [1.165, 1.54) is 5.56 Å². The van der Waals surface area contributed by atoms with Crippen LogP contribution >= 0.6 is 12.2 Å². The van der Waals surface area contributed by atoms with Crippen molar-refractivity contribution in [1.82, 2.24) is 14.9 Å². The zero-order valence-electron chi connectivity index (χ0n) is 17.0. The van der Waals surface area contributed by atoms with Gasteiger partial charge in [0.05, 0.1) is 13.3 Å². The number of hydrogen-bond donors (Lipinski definition) is 1. The van der Waals surface area contributed by atoms with Crippen molar-refractivity contribution in [2.75, 3.05) is 7.11 Å². The Labute approximate surface area is 176 Å². The van der Waals surface area contributed by atoms with Gasteiger partial charge in [-0.05, 0) is 43.3 Å². The smallest absolute Gasteiger partial charge is 0.216 e. The highest BCUT2D eigenvalue weighted by molar-refractivity contribution is 7.71. The molecule has 0 saturated heterocycles. The van der Waals surface area contributed by atoms with Gasteiger partial charge in [0.15, 0.2) is 17.3 Å². The van der Waals surface area contributed by atoms with Gasteiger partial charge in [-0.2, -0.15) is 14.9 Å². The van der Waals surface area contributed by atoms with Gasteiger partial charge in [0.25, 0.3) is 0 Å². The van der Waals surface area contributed by atoms with Crippen LogP contribution in [0.15, 0.2) is 47.6 Å². The van der Waals surface area contributed by atoms with Crippen molar-refractivity contribution < 1.29 is 9.47 Å². The van der Waals surface area contributed by atoms with Gasteiger partial charge < -0.3 is 9.47 Å². The molecule has 0 fully saturated rings. The van der Waals surface area contributed by atoms with Crippen molar-refractivity contribution in [2.45, 2.75) is 39.7 Å². The summed E-state index contributed by atoms with van der Waals surface area (Å²) in [5.41, 5.74) is 3.10. The molecule has 0 bridgehead atoms. The molecule has 0 radical (unpaired) electrons. The minimum Gasteiger partial charge on any atom is -0.493 e. The third kappa shape index (κ3) is 5.32. The number of nitrogens with zero attached hydrogens (tertiary/aromatic N) is 3. The highest BCUT2D eigenvalue weighted by atomic mass is 32.1. The molecule has 0 unspecified atom stereocenters. The topological polar surface area (TPSA) is 64.4 Å². The fourth-order valence-electron chi connectivity index (χ4n) is 2.97. The van der Waals surface area contributed by atoms with Crippen molar-refractivity contribution >= 4 is 18.4 Å². The first-order valence-electron chi connectivity index (χ1n) is 9.68. The predicted molar refractivity (Wildman–Crippen MR) is 118 cm³/mol. The van der Waals surface area contributed by atoms with Gasteiger partial charge in [-0.3, -0.25) is 5.10 Å². The molecule has 0 saturated carbocycles. The van der Waals surface area contributed by atoms with Crippen LogP contribution < -0.4 is 9.47 Å². The number of nitrogens with one attached hydrogen (secondary N) is 1. The lowest BCUT2D eigenvalue weighted by Gasteiger charge is -2.13. The van der Waals surface area contributed by atoms with Crippen molar-refractivity contribution in [1.29, 1.82) is 0 Å². The molecule has 1 N–H and O–H groups in total. The SMILES string of the molecule is CCCCc1n[nH]c(=S)n1/N=C\c1cccc(OC)c1OCc1cccc(C)c1. The first kappa shape index (κ1) is 20.8. The van der Waals surface area contributed by atoms with Gasteiger partial charge in [0.1, 0.15) is 6.61 Å². The van der Waals surface area contributed by atoms with E-state index in [0.29, 0.717) is 22.9 Å². The molecule has 0 atom stereocenters. The van der Waals surface area contributed by atoms with E-state index in [9.17, 15) is 0 Å². The average molecular weight is 411 g/mol. The average Bonchev–Trinajstić information content (AvgIpc) is 3.08. The third-order valence-electron chi connectivity index (χ3n) is 4.48. The molecule has 0 aliphatic carbocycles. The lowest BCUT2D eigenvalue weighted by Crippen LogP contribution is -2.03. The first-order valence-corrected chi connectivity index (χ1v) is 10.1. The number of rotatable bonds is 9. The van der Waals surface area contributed by atoms with E-state index >= 15 is 0 Å². The maximum atomic E-state index is 6.12. The highest BCUT2D eigenvalue weighted by Gasteiger charge is 2.11. The molecule has 1 aromatic heterocycles. The Morgan fingerprint density at radius 2 is 2.07 bits per heavy atom. The number of benzene rings is 2. The first-order chi connectivity index (χ1) is 14.1. The minimum atomic E-state index is 0.440. The molecule has 152 valence electrons. The van der Waals surface area contributed by atoms with Crippen molar-refractivity contribution in [3.8, 4) is 11.5 Å². The lowest BCUT2D eigenvalue weighted by molar-refractivity contribution is 0.284. The van der Waals surface area contributed by atoms with Gasteiger partial charge in [0, 0.05) is 12.0 Å². The molecular formula is C22H26N4O2S. The van der Waals surface area contributed by atoms with Crippen molar-refractivity contribution in [2.24, 2.45) is 5.10 Å². The molecule has 29 heavy (non-hydrogen) atoms. The molecule has 2 aromatic carbocycles. The number of aromatic amines is 1. The molecule has 6 nitrogen and oxygen atoms in total. The Balaban J connectivity index is 1.87. The summed E-state index contributed by atoms with van der Waals surface area (Å²) in [7, 11) is 1.63. The van der Waals surface area contributed by atoms with E-state index < -0.39 is 0 Å². The molecule has 0 aliphatic heterocycles. The molecule has 7 heteroatoms. The van der Waals surface area contributed by atoms with Crippen LogP contribution in [0.4, 0.5) is 0 Å². The molecule has 0 spiro atoms. The van der Waals surface area contributed by atoms with E-state index in [4.69, 9.17) is 21.7 Å². The number of hydrogen-bond acceptors (Lipinski definition) is 5. The summed E-state index contributed by atoms with van der Waals surface area (Å²) in [4.78, 5) is 0. The summed E-state index contributed by atoms with van der Waals surface area (Å²) in [6.07, 6.45) is 4.65. The largest absolute Gasteiger partial charge is 0.493 e. The number of methoxy groups -OCH3 is 1. The van der Waals surface area contributed by atoms with Gasteiger partial charge in [-0.25, -0.2) is 0 Å². The van der Waals surface area contributed by atoms with Crippen LogP contribution in [-0.4, -0.2) is 28.2 Å². The maximum Gasteiger partial charge on any atom is 0.216 e. The number of para-hydroxylation sites is 1. The Kier molecular flexibility index (Phi) is 7.19. The van der Waals surface area contributed by atoms with E-state index in [2.05, 4.69) is 41.3 Å². The third-order valence-corrected chi connectivity index (χ3v) is 4.74. The van der Waals surface area contributed by atoms with Crippen molar-refractivity contribution in [3.63, 3.8) is 0 Å². The van der Waals surface area contributed by atoms with Gasteiger partial charge in [0.2, 0.25) is 4.77 Å². The summed E-state index contributed by atoms with van der Waals surface area (Å²) in [6.45, 7) is 4.65. The summed E-state index contributed by atoms with van der Waals surface area (Å²) in [5, 5.41) is 11.7. The second-order valence-corrected chi connectivity index (χ2v) is 7.15. The second-order valence-electron chi connectivity index (χ2n) is 6.76. The van der Waals surface area contributed by atoms with E-state index in [1.54, 1.807) is 18.0 Å². The monoisotopic (exact) mass is 410 g/mol. The van der Waals surface area contributed by atoms with Crippen LogP contribution in [-0.2, 0) is 13.0 Å². The van der Waals surface area contributed by atoms with Crippen LogP contribution in [0.5, 0.6) is 11.5 Å². The Morgan fingerprint density at radius 3 is 2.83 bits per heavy atom. The van der Waals surface area contributed by atoms with Crippen LogP contribution in [0, 0.1) is 11.7 Å². The number of H-pyrrole nitrogens is 1. The lowest BCUT2D eigenvalue weighted by atomic mass is 10.1. The Bertz CT molecular complexity index is 1040. The predicted octanol–water partition coefficient (Wildman–Crippen LogP) is 5.06. The quantitative estimate of drug-likeness (QED) is 0.395. The highest BCUT2D eigenvalue weighted by Crippen LogP contribution is 2.31. The molecule has 1 heterocycles. The maximum absolute atomic E-state index is 6.12. The Morgan fingerprint density at radius 1 is 1.24 bits per heavy atom. The molecule has 3 rings (SSSR count). The normalized spacial score (nSPS) is 11.1. The van der Waals surface area contributed by atoms with Gasteiger partial charge in [-0.1, -0.05) is 49.2 Å². The van der Waals surface area contributed by atoms with Crippen molar-refractivity contribution in [3.05, 3.63) is 69.8 Å². The zero-order chi connectivity index (χ0) is 20.6. The summed E-state index contributed by atoms with van der Waals surface area (Å²) in [6, 6.07) is 14.0. The van der Waals surface area contributed by atoms with E-state index in [1.807, 2.05) is 30.3 Å².